The van der Waals surface area contributed by atoms with Gasteiger partial charge >= 0.3 is 4.94 Å². The van der Waals surface area contributed by atoms with E-state index in [2.05, 4.69) is 42.3 Å². The molecule has 0 aliphatic heterocycles. The molecule has 1 aliphatic rings. The molecule has 5 heteroatoms. The molecule has 2 aromatic carbocycles. The third-order valence-electron chi connectivity index (χ3n) is 5.52. The van der Waals surface area contributed by atoms with Gasteiger partial charge in [0.25, 0.3) is 0 Å². The number of nitrogens with zero attached hydrogens (tertiary/aromatic N) is 1. The van der Waals surface area contributed by atoms with E-state index in [1.807, 2.05) is 6.07 Å². The molecule has 142 valence electrons. The fourth-order valence-electron chi connectivity index (χ4n) is 4.15. The van der Waals surface area contributed by atoms with Crippen molar-refractivity contribution in [2.75, 3.05) is 27.2 Å². The molecule has 0 N–H and O–H groups in total. The minimum Gasteiger partial charge on any atom is -0.496 e. The maximum Gasteiger partial charge on any atom is 0.396 e. The van der Waals surface area contributed by atoms with Gasteiger partial charge in [-0.25, -0.2) is 4.79 Å². The van der Waals surface area contributed by atoms with E-state index >= 15 is 0 Å². The normalized spacial score (nSPS) is 16.6. The smallest absolute Gasteiger partial charge is 0.396 e. The Kier molecular flexibility index (Phi) is 5.32. The van der Waals surface area contributed by atoms with Gasteiger partial charge in [0.15, 0.2) is 0 Å². The Hall–Kier alpha value is -2.11. The van der Waals surface area contributed by atoms with Crippen molar-refractivity contribution in [2.24, 2.45) is 0 Å². The minimum atomic E-state index is -0.231. The van der Waals surface area contributed by atoms with Gasteiger partial charge < -0.3 is 14.1 Å². The molecule has 0 saturated heterocycles. The van der Waals surface area contributed by atoms with Crippen LogP contribution in [0.4, 0.5) is 0 Å². The van der Waals surface area contributed by atoms with Crippen LogP contribution in [-0.4, -0.2) is 32.1 Å². The Balaban J connectivity index is 1.41. The van der Waals surface area contributed by atoms with Gasteiger partial charge in [-0.15, -0.1) is 0 Å². The second-order valence-corrected chi connectivity index (χ2v) is 8.34. The third kappa shape index (κ3) is 3.94. The second kappa shape index (κ2) is 7.87. The maximum absolute atomic E-state index is 11.4. The number of methoxy groups -OCH3 is 1. The topological polar surface area (TPSA) is 42.7 Å². The van der Waals surface area contributed by atoms with E-state index in [1.54, 1.807) is 7.11 Å². The molecule has 1 unspecified atom stereocenters. The van der Waals surface area contributed by atoms with Gasteiger partial charge in [-0.1, -0.05) is 29.5 Å². The zero-order valence-electron chi connectivity index (χ0n) is 15.9. The van der Waals surface area contributed by atoms with Crippen molar-refractivity contribution in [3.05, 3.63) is 62.8 Å². The highest BCUT2D eigenvalue weighted by atomic mass is 32.1. The molecule has 1 aliphatic carbocycles. The predicted octanol–water partition coefficient (Wildman–Crippen LogP) is 4.46. The summed E-state index contributed by atoms with van der Waals surface area (Å²) in [5, 5.41) is 0. The number of benzene rings is 2. The predicted molar refractivity (Wildman–Crippen MR) is 110 cm³/mol. The van der Waals surface area contributed by atoms with Gasteiger partial charge in [0.1, 0.15) is 11.3 Å². The summed E-state index contributed by atoms with van der Waals surface area (Å²) in [7, 11) is 3.96. The quantitative estimate of drug-likeness (QED) is 0.630. The van der Waals surface area contributed by atoms with E-state index in [1.165, 1.54) is 40.9 Å². The van der Waals surface area contributed by atoms with Crippen molar-refractivity contribution >= 4 is 21.6 Å². The molecule has 4 nitrogen and oxygen atoms in total. The van der Waals surface area contributed by atoms with Crippen LogP contribution in [0.5, 0.6) is 5.75 Å². The van der Waals surface area contributed by atoms with Crippen molar-refractivity contribution in [2.45, 2.75) is 31.6 Å². The first kappa shape index (κ1) is 18.3. The second-order valence-electron chi connectivity index (χ2n) is 7.36. The van der Waals surface area contributed by atoms with Crippen LogP contribution in [0.25, 0.3) is 10.3 Å². The van der Waals surface area contributed by atoms with E-state index in [-0.39, 0.29) is 4.94 Å². The summed E-state index contributed by atoms with van der Waals surface area (Å²) in [4.78, 5) is 13.6. The lowest BCUT2D eigenvalue weighted by molar-refractivity contribution is 0.299. The van der Waals surface area contributed by atoms with Gasteiger partial charge in [0.05, 0.1) is 11.8 Å². The van der Waals surface area contributed by atoms with Gasteiger partial charge in [0.2, 0.25) is 0 Å². The third-order valence-corrected chi connectivity index (χ3v) is 6.31. The number of likely N-dealkylation sites (N-methyl/N-ethyl adjacent to an activating group) is 1. The summed E-state index contributed by atoms with van der Waals surface area (Å²) in [5.74, 6) is 1.60. The maximum atomic E-state index is 11.4. The summed E-state index contributed by atoms with van der Waals surface area (Å²) >= 11 is 1.18. The molecular weight excluding hydrogens is 358 g/mol. The fourth-order valence-corrected chi connectivity index (χ4v) is 4.89. The van der Waals surface area contributed by atoms with Crippen molar-refractivity contribution in [1.29, 1.82) is 0 Å². The number of hydrogen-bond acceptors (Lipinski definition) is 5. The zero-order chi connectivity index (χ0) is 18.8. The lowest BCUT2D eigenvalue weighted by Gasteiger charge is -2.30. The Bertz CT molecular complexity index is 991. The van der Waals surface area contributed by atoms with Gasteiger partial charge in [-0.05, 0) is 73.5 Å². The standard InChI is InChI=1S/C22H25NO3S/c1-23(12-11-15-9-10-20-21(13-15)27-22(24)26-20)14-16-5-3-7-18-17(16)6-4-8-19(18)25-2/h4,6,8-10,13,16H,3,5,7,11-12,14H2,1-2H3. The molecule has 3 aromatic rings. The van der Waals surface area contributed by atoms with E-state index in [0.717, 1.165) is 36.4 Å². The van der Waals surface area contributed by atoms with E-state index in [0.29, 0.717) is 11.5 Å². The van der Waals surface area contributed by atoms with Crippen molar-refractivity contribution in [3.8, 4) is 5.75 Å². The first-order chi connectivity index (χ1) is 13.1. The first-order valence-corrected chi connectivity index (χ1v) is 10.3. The number of rotatable bonds is 6. The van der Waals surface area contributed by atoms with Crippen LogP contribution >= 0.6 is 11.3 Å². The van der Waals surface area contributed by atoms with E-state index < -0.39 is 0 Å². The number of ether oxygens (including phenoxy) is 1. The lowest BCUT2D eigenvalue weighted by atomic mass is 9.82. The molecule has 0 fully saturated rings. The molecule has 0 saturated carbocycles. The SMILES string of the molecule is COc1cccc2c1CCCC2CN(C)CCc1ccc2oc(=O)sc2c1. The Morgan fingerprint density at radius 1 is 1.30 bits per heavy atom. The summed E-state index contributed by atoms with van der Waals surface area (Å²) in [6.45, 7) is 2.05. The largest absolute Gasteiger partial charge is 0.496 e. The van der Waals surface area contributed by atoms with Crippen LogP contribution < -0.4 is 9.68 Å². The fraction of sp³-hybridized carbons (Fsp3) is 0.409. The van der Waals surface area contributed by atoms with Crippen molar-refractivity contribution in [3.63, 3.8) is 0 Å². The van der Waals surface area contributed by atoms with Gasteiger partial charge in [0, 0.05) is 13.1 Å². The van der Waals surface area contributed by atoms with Crippen LogP contribution in [0.15, 0.2) is 45.6 Å². The molecule has 0 amide bonds. The van der Waals surface area contributed by atoms with Crippen molar-refractivity contribution in [1.82, 2.24) is 4.90 Å². The number of hydrogen-bond donors (Lipinski definition) is 0. The minimum absolute atomic E-state index is 0.231. The average molecular weight is 384 g/mol. The molecule has 1 atom stereocenters. The molecule has 0 spiro atoms. The summed E-state index contributed by atoms with van der Waals surface area (Å²) < 4.78 is 11.6. The summed E-state index contributed by atoms with van der Waals surface area (Å²) in [5.41, 5.74) is 4.79. The Morgan fingerprint density at radius 2 is 2.19 bits per heavy atom. The molecule has 1 heterocycles. The van der Waals surface area contributed by atoms with Crippen LogP contribution in [-0.2, 0) is 12.8 Å². The van der Waals surface area contributed by atoms with Gasteiger partial charge in [-0.2, -0.15) is 0 Å². The summed E-state index contributed by atoms with van der Waals surface area (Å²) in [6, 6.07) is 12.5. The van der Waals surface area contributed by atoms with Crippen molar-refractivity contribution < 1.29 is 9.15 Å². The van der Waals surface area contributed by atoms with E-state index in [9.17, 15) is 4.79 Å². The Labute approximate surface area is 163 Å². The van der Waals surface area contributed by atoms with Crippen LogP contribution in [0.1, 0.15) is 35.4 Å². The monoisotopic (exact) mass is 383 g/mol. The molecule has 4 rings (SSSR count). The van der Waals surface area contributed by atoms with Crippen LogP contribution in [0.2, 0.25) is 0 Å². The summed E-state index contributed by atoms with van der Waals surface area (Å²) in [6.07, 6.45) is 4.55. The van der Waals surface area contributed by atoms with Crippen LogP contribution in [0, 0.1) is 0 Å². The molecule has 0 bridgehead atoms. The van der Waals surface area contributed by atoms with E-state index in [4.69, 9.17) is 9.15 Å². The molecule has 0 radical (unpaired) electrons. The van der Waals surface area contributed by atoms with Gasteiger partial charge in [-0.3, -0.25) is 0 Å². The Morgan fingerprint density at radius 3 is 3.04 bits per heavy atom. The number of fused-ring (bicyclic) bond motifs is 2. The first-order valence-electron chi connectivity index (χ1n) is 9.51. The zero-order valence-corrected chi connectivity index (χ0v) is 16.7. The molecular formula is C22H25NO3S. The average Bonchev–Trinajstić information content (AvgIpc) is 3.05. The molecule has 1 aromatic heterocycles. The highest BCUT2D eigenvalue weighted by molar-refractivity contribution is 7.16. The highest BCUT2D eigenvalue weighted by Crippen LogP contribution is 2.36. The molecule has 27 heavy (non-hydrogen) atoms. The highest BCUT2D eigenvalue weighted by Gasteiger charge is 2.23. The van der Waals surface area contributed by atoms with Crippen LogP contribution in [0.3, 0.4) is 0 Å². The lowest BCUT2D eigenvalue weighted by Crippen LogP contribution is -2.28.